The van der Waals surface area contributed by atoms with Crippen LogP contribution in [0, 0.1) is 11.2 Å². The number of para-hydroxylation sites is 1. The minimum absolute atomic E-state index is 0.0231. The summed E-state index contributed by atoms with van der Waals surface area (Å²) in [7, 11) is 0. The van der Waals surface area contributed by atoms with Crippen LogP contribution >= 0.6 is 0 Å². The zero-order valence-corrected chi connectivity index (χ0v) is 18.9. The highest BCUT2D eigenvalue weighted by atomic mass is 19.1. The highest BCUT2D eigenvalue weighted by Crippen LogP contribution is 2.27. The van der Waals surface area contributed by atoms with Crippen LogP contribution in [0.1, 0.15) is 59.3 Å². The lowest BCUT2D eigenvalue weighted by Gasteiger charge is -2.32. The summed E-state index contributed by atoms with van der Waals surface area (Å²) >= 11 is 0. The Hall–Kier alpha value is -3.02. The number of aromatic nitrogens is 2. The number of nitrogens with zero attached hydrogens (tertiary/aromatic N) is 3. The minimum Gasteiger partial charge on any atom is -0.333 e. The molecule has 1 atom stereocenters. The van der Waals surface area contributed by atoms with Crippen LogP contribution in [0.25, 0.3) is 16.6 Å². The van der Waals surface area contributed by atoms with Gasteiger partial charge in [0.1, 0.15) is 11.6 Å². The second-order valence-corrected chi connectivity index (χ2v) is 9.10. The third-order valence-corrected chi connectivity index (χ3v) is 5.19. The lowest BCUT2D eigenvalue weighted by atomic mass is 9.91. The Labute approximate surface area is 182 Å². The van der Waals surface area contributed by atoms with Gasteiger partial charge in [0.2, 0.25) is 5.91 Å². The Morgan fingerprint density at radius 2 is 1.77 bits per heavy atom. The molecule has 3 aromatic rings. The maximum Gasteiger partial charge on any atom is 0.266 e. The van der Waals surface area contributed by atoms with Crippen molar-refractivity contribution in [3.63, 3.8) is 0 Å². The van der Waals surface area contributed by atoms with Crippen LogP contribution in [-0.4, -0.2) is 26.9 Å². The van der Waals surface area contributed by atoms with Gasteiger partial charge in [-0.3, -0.25) is 14.2 Å². The van der Waals surface area contributed by atoms with Crippen molar-refractivity contribution >= 4 is 16.8 Å². The van der Waals surface area contributed by atoms with Gasteiger partial charge in [-0.05, 0) is 55.2 Å². The van der Waals surface area contributed by atoms with Gasteiger partial charge >= 0.3 is 0 Å². The highest BCUT2D eigenvalue weighted by molar-refractivity contribution is 5.79. The Morgan fingerprint density at radius 1 is 1.13 bits per heavy atom. The van der Waals surface area contributed by atoms with Gasteiger partial charge in [0.05, 0.1) is 22.6 Å². The van der Waals surface area contributed by atoms with Crippen molar-refractivity contribution in [2.75, 3.05) is 6.54 Å². The first-order valence-corrected chi connectivity index (χ1v) is 10.7. The Kier molecular flexibility index (Phi) is 6.58. The first-order chi connectivity index (χ1) is 14.6. The van der Waals surface area contributed by atoms with Crippen LogP contribution in [-0.2, 0) is 4.79 Å². The number of amides is 1. The molecule has 0 aliphatic rings. The molecule has 164 valence electrons. The van der Waals surface area contributed by atoms with Crippen LogP contribution < -0.4 is 5.56 Å². The van der Waals surface area contributed by atoms with Crippen molar-refractivity contribution in [3.05, 3.63) is 70.5 Å². The average Bonchev–Trinajstić information content (AvgIpc) is 2.71. The summed E-state index contributed by atoms with van der Waals surface area (Å²) in [5.74, 6) is 0.106. The van der Waals surface area contributed by atoms with E-state index in [1.807, 2.05) is 40.7 Å². The summed E-state index contributed by atoms with van der Waals surface area (Å²) in [6.45, 7) is 10.6. The van der Waals surface area contributed by atoms with Crippen LogP contribution in [0.15, 0.2) is 53.3 Å². The number of hydrogen-bond donors (Lipinski definition) is 0. The number of benzene rings is 2. The summed E-state index contributed by atoms with van der Waals surface area (Å²) in [5, 5.41) is 0.478. The summed E-state index contributed by atoms with van der Waals surface area (Å²) in [4.78, 5) is 33.2. The molecule has 0 aliphatic carbocycles. The maximum absolute atomic E-state index is 13.6. The lowest BCUT2D eigenvalue weighted by Crippen LogP contribution is -2.39. The van der Waals surface area contributed by atoms with Crippen molar-refractivity contribution in [2.45, 2.75) is 53.5 Å². The summed E-state index contributed by atoms with van der Waals surface area (Å²) < 4.78 is 15.1. The quantitative estimate of drug-likeness (QED) is 0.543. The zero-order chi connectivity index (χ0) is 22.8. The van der Waals surface area contributed by atoms with E-state index in [1.54, 1.807) is 35.2 Å². The molecule has 1 amide bonds. The lowest BCUT2D eigenvalue weighted by molar-refractivity contribution is -0.135. The monoisotopic (exact) mass is 423 g/mol. The molecule has 1 unspecified atom stereocenters. The van der Waals surface area contributed by atoms with E-state index in [4.69, 9.17) is 4.98 Å². The van der Waals surface area contributed by atoms with Crippen molar-refractivity contribution in [1.29, 1.82) is 0 Å². The molecule has 0 N–H and O–H groups in total. The smallest absolute Gasteiger partial charge is 0.266 e. The molecule has 6 heteroatoms. The fourth-order valence-corrected chi connectivity index (χ4v) is 3.74. The molecule has 5 nitrogen and oxygen atoms in total. The summed E-state index contributed by atoms with van der Waals surface area (Å²) in [6.07, 6.45) is 1.18. The molecule has 31 heavy (non-hydrogen) atoms. The molecule has 1 aromatic heterocycles. The standard InChI is InChI=1S/C25H30FN3O2/c1-6-15-28(22(30)16-25(3,4)5)17(2)23-27-21-10-8-7-9-20(21)24(31)29(23)19-13-11-18(26)12-14-19/h7-14,17H,6,15-16H2,1-5H3. The van der Waals surface area contributed by atoms with Gasteiger partial charge in [0.25, 0.3) is 5.56 Å². The zero-order valence-electron chi connectivity index (χ0n) is 18.9. The van der Waals surface area contributed by atoms with Gasteiger partial charge in [-0.15, -0.1) is 0 Å². The molecule has 3 rings (SSSR count). The van der Waals surface area contributed by atoms with Crippen molar-refractivity contribution in [2.24, 2.45) is 5.41 Å². The molecule has 0 saturated carbocycles. The largest absolute Gasteiger partial charge is 0.333 e. The summed E-state index contributed by atoms with van der Waals surface area (Å²) in [5.41, 5.74) is 0.702. The van der Waals surface area contributed by atoms with Crippen molar-refractivity contribution in [3.8, 4) is 5.69 Å². The molecule has 0 spiro atoms. The fourth-order valence-electron chi connectivity index (χ4n) is 3.74. The Bertz CT molecular complexity index is 1130. The summed E-state index contributed by atoms with van der Waals surface area (Å²) in [6, 6.07) is 12.5. The first kappa shape index (κ1) is 22.7. The van der Waals surface area contributed by atoms with Gasteiger partial charge in [0.15, 0.2) is 0 Å². The molecule has 2 aromatic carbocycles. The second-order valence-electron chi connectivity index (χ2n) is 9.10. The van der Waals surface area contributed by atoms with Crippen LogP contribution in [0.3, 0.4) is 0 Å². The number of fused-ring (bicyclic) bond motifs is 1. The Balaban J connectivity index is 2.20. The predicted octanol–water partition coefficient (Wildman–Crippen LogP) is 5.26. The molecule has 0 bridgehead atoms. The van der Waals surface area contributed by atoms with E-state index in [1.165, 1.54) is 16.7 Å². The topological polar surface area (TPSA) is 55.2 Å². The third-order valence-electron chi connectivity index (χ3n) is 5.19. The van der Waals surface area contributed by atoms with Gasteiger partial charge in [0, 0.05) is 13.0 Å². The number of rotatable bonds is 6. The van der Waals surface area contributed by atoms with Crippen LogP contribution in [0.5, 0.6) is 0 Å². The molecular formula is C25H30FN3O2. The third kappa shape index (κ3) is 5.01. The molecule has 0 aliphatic heterocycles. The van der Waals surface area contributed by atoms with E-state index in [0.29, 0.717) is 35.4 Å². The number of halogens is 1. The molecular weight excluding hydrogens is 393 g/mol. The van der Waals surface area contributed by atoms with Crippen molar-refractivity contribution in [1.82, 2.24) is 14.5 Å². The normalized spacial score (nSPS) is 12.7. The second kappa shape index (κ2) is 9.00. The predicted molar refractivity (Wildman–Crippen MR) is 122 cm³/mol. The number of carbonyl (C=O) groups excluding carboxylic acids is 1. The van der Waals surface area contributed by atoms with Crippen molar-refractivity contribution < 1.29 is 9.18 Å². The van der Waals surface area contributed by atoms with Crippen LogP contribution in [0.2, 0.25) is 0 Å². The van der Waals surface area contributed by atoms with Crippen LogP contribution in [0.4, 0.5) is 4.39 Å². The molecule has 1 heterocycles. The van der Waals surface area contributed by atoms with E-state index < -0.39 is 6.04 Å². The maximum atomic E-state index is 13.6. The van der Waals surface area contributed by atoms with Gasteiger partial charge in [-0.2, -0.15) is 0 Å². The number of hydrogen-bond acceptors (Lipinski definition) is 3. The minimum atomic E-state index is -0.433. The van der Waals surface area contributed by atoms with E-state index in [0.717, 1.165) is 6.42 Å². The highest BCUT2D eigenvalue weighted by Gasteiger charge is 2.28. The van der Waals surface area contributed by atoms with Gasteiger partial charge < -0.3 is 4.90 Å². The van der Waals surface area contributed by atoms with E-state index in [-0.39, 0.29) is 22.7 Å². The SMILES string of the molecule is CCCN(C(=O)CC(C)(C)C)C(C)c1nc2ccccc2c(=O)n1-c1ccc(F)cc1. The van der Waals surface area contributed by atoms with Gasteiger partial charge in [-0.1, -0.05) is 39.8 Å². The van der Waals surface area contributed by atoms with E-state index in [2.05, 4.69) is 0 Å². The van der Waals surface area contributed by atoms with Gasteiger partial charge in [-0.25, -0.2) is 9.37 Å². The fraction of sp³-hybridized carbons (Fsp3) is 0.400. The molecule has 0 fully saturated rings. The van der Waals surface area contributed by atoms with E-state index >= 15 is 0 Å². The van der Waals surface area contributed by atoms with E-state index in [9.17, 15) is 14.0 Å². The first-order valence-electron chi connectivity index (χ1n) is 10.7. The average molecular weight is 424 g/mol. The Morgan fingerprint density at radius 3 is 2.39 bits per heavy atom. The molecule has 0 saturated heterocycles. The number of carbonyl (C=O) groups is 1. The molecule has 0 radical (unpaired) electrons.